The SMILES string of the molecule is CCCCCCCC(C)=CCCC(C)CC. The molecule has 96 valence electrons. The lowest BCUT2D eigenvalue weighted by Gasteiger charge is -2.06. The van der Waals surface area contributed by atoms with Crippen molar-refractivity contribution in [1.29, 1.82) is 0 Å². The smallest absolute Gasteiger partial charge is 0.0323 e. The summed E-state index contributed by atoms with van der Waals surface area (Å²) in [6, 6.07) is 0. The lowest BCUT2D eigenvalue weighted by atomic mass is 10.0. The highest BCUT2D eigenvalue weighted by Gasteiger charge is 1.97. The average Bonchev–Trinajstić information content (AvgIpc) is 2.28. The van der Waals surface area contributed by atoms with Crippen LogP contribution in [0.25, 0.3) is 0 Å². The highest BCUT2D eigenvalue weighted by atomic mass is 14.0. The van der Waals surface area contributed by atoms with Gasteiger partial charge in [-0.1, -0.05) is 64.5 Å². The van der Waals surface area contributed by atoms with Gasteiger partial charge in [0.1, 0.15) is 0 Å². The maximum absolute atomic E-state index is 2.46. The van der Waals surface area contributed by atoms with Crippen molar-refractivity contribution in [3.05, 3.63) is 11.6 Å². The summed E-state index contributed by atoms with van der Waals surface area (Å²) in [6.07, 6.45) is 14.8. The molecule has 0 aromatic rings. The number of unbranched alkanes of at least 4 members (excludes halogenated alkanes) is 4. The van der Waals surface area contributed by atoms with Gasteiger partial charge in [-0.05, 0) is 38.5 Å². The maximum Gasteiger partial charge on any atom is -0.0323 e. The van der Waals surface area contributed by atoms with Crippen molar-refractivity contribution in [2.24, 2.45) is 5.92 Å². The number of rotatable bonds is 10. The summed E-state index contributed by atoms with van der Waals surface area (Å²) < 4.78 is 0. The van der Waals surface area contributed by atoms with E-state index in [1.165, 1.54) is 57.8 Å². The third-order valence-corrected chi connectivity index (χ3v) is 3.52. The molecule has 0 N–H and O–H groups in total. The van der Waals surface area contributed by atoms with Crippen molar-refractivity contribution in [1.82, 2.24) is 0 Å². The Labute approximate surface area is 104 Å². The normalized spacial score (nSPS) is 14.1. The quantitative estimate of drug-likeness (QED) is 0.310. The molecule has 0 heteroatoms. The van der Waals surface area contributed by atoms with Crippen LogP contribution in [-0.2, 0) is 0 Å². The molecule has 0 aliphatic carbocycles. The Morgan fingerprint density at radius 1 is 1.06 bits per heavy atom. The first-order valence-corrected chi connectivity index (χ1v) is 7.36. The van der Waals surface area contributed by atoms with Gasteiger partial charge in [-0.15, -0.1) is 0 Å². The average molecular weight is 224 g/mol. The van der Waals surface area contributed by atoms with E-state index in [0.29, 0.717) is 0 Å². The molecular weight excluding hydrogens is 192 g/mol. The molecule has 0 heterocycles. The van der Waals surface area contributed by atoms with E-state index >= 15 is 0 Å². The van der Waals surface area contributed by atoms with Crippen molar-refractivity contribution in [2.75, 3.05) is 0 Å². The molecule has 0 aliphatic rings. The standard InChI is InChI=1S/C16H32/c1-5-7-8-9-10-12-16(4)14-11-13-15(3)6-2/h14-15H,5-13H2,1-4H3. The zero-order valence-corrected chi connectivity index (χ0v) is 12.0. The molecule has 0 saturated carbocycles. The third kappa shape index (κ3) is 10.3. The molecule has 0 amide bonds. The molecule has 1 atom stereocenters. The van der Waals surface area contributed by atoms with Gasteiger partial charge < -0.3 is 0 Å². The fourth-order valence-corrected chi connectivity index (χ4v) is 1.93. The maximum atomic E-state index is 2.46. The van der Waals surface area contributed by atoms with Crippen LogP contribution in [0, 0.1) is 5.92 Å². The van der Waals surface area contributed by atoms with Crippen molar-refractivity contribution in [3.8, 4) is 0 Å². The molecule has 0 fully saturated rings. The molecule has 0 aliphatic heterocycles. The van der Waals surface area contributed by atoms with Gasteiger partial charge in [-0.3, -0.25) is 0 Å². The molecule has 1 unspecified atom stereocenters. The molecule has 0 aromatic carbocycles. The third-order valence-electron chi connectivity index (χ3n) is 3.52. The second-order valence-electron chi connectivity index (χ2n) is 5.31. The van der Waals surface area contributed by atoms with Gasteiger partial charge >= 0.3 is 0 Å². The Bertz CT molecular complexity index is 167. The summed E-state index contributed by atoms with van der Waals surface area (Å²) in [5, 5.41) is 0. The van der Waals surface area contributed by atoms with Gasteiger partial charge in [0.25, 0.3) is 0 Å². The number of hydrogen-bond donors (Lipinski definition) is 0. The van der Waals surface area contributed by atoms with Crippen LogP contribution in [0.1, 0.15) is 85.5 Å². The summed E-state index contributed by atoms with van der Waals surface area (Å²) in [6.45, 7) is 9.22. The van der Waals surface area contributed by atoms with Crippen LogP contribution >= 0.6 is 0 Å². The fourth-order valence-electron chi connectivity index (χ4n) is 1.93. The first-order valence-electron chi connectivity index (χ1n) is 7.36. The highest BCUT2D eigenvalue weighted by Crippen LogP contribution is 2.14. The van der Waals surface area contributed by atoms with Crippen LogP contribution in [0.4, 0.5) is 0 Å². The minimum absolute atomic E-state index is 0.897. The van der Waals surface area contributed by atoms with E-state index < -0.39 is 0 Å². The second kappa shape index (κ2) is 11.2. The van der Waals surface area contributed by atoms with Crippen LogP contribution < -0.4 is 0 Å². The number of hydrogen-bond acceptors (Lipinski definition) is 0. The van der Waals surface area contributed by atoms with E-state index in [-0.39, 0.29) is 0 Å². The highest BCUT2D eigenvalue weighted by molar-refractivity contribution is 4.97. The molecule has 0 nitrogen and oxygen atoms in total. The van der Waals surface area contributed by atoms with Gasteiger partial charge in [0.05, 0.1) is 0 Å². The molecule has 0 rings (SSSR count). The van der Waals surface area contributed by atoms with Crippen molar-refractivity contribution in [3.63, 3.8) is 0 Å². The minimum Gasteiger partial charge on any atom is -0.0856 e. The van der Waals surface area contributed by atoms with Gasteiger partial charge in [0, 0.05) is 0 Å². The van der Waals surface area contributed by atoms with Crippen LogP contribution in [0.3, 0.4) is 0 Å². The Morgan fingerprint density at radius 3 is 2.38 bits per heavy atom. The van der Waals surface area contributed by atoms with E-state index in [1.54, 1.807) is 5.57 Å². The minimum atomic E-state index is 0.897. The molecule has 0 aromatic heterocycles. The Morgan fingerprint density at radius 2 is 1.75 bits per heavy atom. The molecular formula is C16H32. The van der Waals surface area contributed by atoms with Crippen molar-refractivity contribution < 1.29 is 0 Å². The summed E-state index contributed by atoms with van der Waals surface area (Å²) in [5.74, 6) is 0.897. The van der Waals surface area contributed by atoms with Gasteiger partial charge in [0.2, 0.25) is 0 Å². The largest absolute Gasteiger partial charge is 0.0856 e. The molecule has 0 radical (unpaired) electrons. The fraction of sp³-hybridized carbons (Fsp3) is 0.875. The second-order valence-corrected chi connectivity index (χ2v) is 5.31. The lowest BCUT2D eigenvalue weighted by Crippen LogP contribution is -1.90. The van der Waals surface area contributed by atoms with E-state index in [0.717, 1.165) is 5.92 Å². The monoisotopic (exact) mass is 224 g/mol. The number of allylic oxidation sites excluding steroid dienone is 2. The van der Waals surface area contributed by atoms with Crippen molar-refractivity contribution in [2.45, 2.75) is 85.5 Å². The Balaban J connectivity index is 3.40. The first-order chi connectivity index (χ1) is 7.70. The van der Waals surface area contributed by atoms with E-state index in [1.807, 2.05) is 0 Å². The van der Waals surface area contributed by atoms with Crippen LogP contribution in [0.15, 0.2) is 11.6 Å². The summed E-state index contributed by atoms with van der Waals surface area (Å²) >= 11 is 0. The van der Waals surface area contributed by atoms with Crippen LogP contribution in [-0.4, -0.2) is 0 Å². The Hall–Kier alpha value is -0.260. The van der Waals surface area contributed by atoms with E-state index in [4.69, 9.17) is 0 Å². The topological polar surface area (TPSA) is 0 Å². The van der Waals surface area contributed by atoms with Gasteiger partial charge in [0.15, 0.2) is 0 Å². The zero-order valence-electron chi connectivity index (χ0n) is 12.0. The molecule has 0 saturated heterocycles. The summed E-state index contributed by atoms with van der Waals surface area (Å²) in [4.78, 5) is 0. The molecule has 16 heavy (non-hydrogen) atoms. The Kier molecular flexibility index (Phi) is 11.0. The van der Waals surface area contributed by atoms with Crippen LogP contribution in [0.2, 0.25) is 0 Å². The van der Waals surface area contributed by atoms with E-state index in [2.05, 4.69) is 33.8 Å². The lowest BCUT2D eigenvalue weighted by molar-refractivity contribution is 0.520. The molecule has 0 bridgehead atoms. The van der Waals surface area contributed by atoms with Gasteiger partial charge in [-0.25, -0.2) is 0 Å². The first kappa shape index (κ1) is 15.7. The van der Waals surface area contributed by atoms with Gasteiger partial charge in [-0.2, -0.15) is 0 Å². The van der Waals surface area contributed by atoms with E-state index in [9.17, 15) is 0 Å². The molecule has 0 spiro atoms. The van der Waals surface area contributed by atoms with Crippen molar-refractivity contribution >= 4 is 0 Å². The predicted octanol–water partition coefficient (Wildman–Crippen LogP) is 6.12. The van der Waals surface area contributed by atoms with Crippen LogP contribution in [0.5, 0.6) is 0 Å². The summed E-state index contributed by atoms with van der Waals surface area (Å²) in [7, 11) is 0. The summed E-state index contributed by atoms with van der Waals surface area (Å²) in [5.41, 5.74) is 1.61. The zero-order chi connectivity index (χ0) is 12.2. The predicted molar refractivity (Wildman–Crippen MR) is 75.8 cm³/mol.